The lowest BCUT2D eigenvalue weighted by Gasteiger charge is -2.15. The Hall–Kier alpha value is -1.22. The molecule has 1 aliphatic rings. The van der Waals surface area contributed by atoms with Crippen molar-refractivity contribution >= 4 is 23.3 Å². The molecule has 2 rings (SSSR count). The molecule has 0 spiro atoms. The number of halogens is 1. The molecule has 17 heavy (non-hydrogen) atoms. The number of amides is 2. The van der Waals surface area contributed by atoms with Gasteiger partial charge in [-0.1, -0.05) is 36.6 Å². The predicted octanol–water partition coefficient (Wildman–Crippen LogP) is 3.71. The summed E-state index contributed by atoms with van der Waals surface area (Å²) in [7, 11) is 0. The summed E-state index contributed by atoms with van der Waals surface area (Å²) >= 11 is 6.05. The topological polar surface area (TPSA) is 41.1 Å². The first-order valence-electron chi connectivity index (χ1n) is 5.99. The van der Waals surface area contributed by atoms with Crippen LogP contribution in [0.25, 0.3) is 0 Å². The van der Waals surface area contributed by atoms with Gasteiger partial charge in [0.05, 0.1) is 10.7 Å². The van der Waals surface area contributed by atoms with Crippen LogP contribution in [0.5, 0.6) is 0 Å². The zero-order valence-corrected chi connectivity index (χ0v) is 10.7. The molecule has 0 saturated heterocycles. The van der Waals surface area contributed by atoms with E-state index in [2.05, 4.69) is 10.6 Å². The highest BCUT2D eigenvalue weighted by molar-refractivity contribution is 6.33. The van der Waals surface area contributed by atoms with Crippen LogP contribution in [0.15, 0.2) is 18.2 Å². The maximum atomic E-state index is 11.8. The lowest BCUT2D eigenvalue weighted by Crippen LogP contribution is -2.36. The van der Waals surface area contributed by atoms with Crippen molar-refractivity contribution in [3.63, 3.8) is 0 Å². The average Bonchev–Trinajstić information content (AvgIpc) is 2.76. The Morgan fingerprint density at radius 3 is 2.71 bits per heavy atom. The Balaban J connectivity index is 1.97. The number of benzene rings is 1. The first-order valence-corrected chi connectivity index (χ1v) is 6.37. The quantitative estimate of drug-likeness (QED) is 0.828. The lowest BCUT2D eigenvalue weighted by molar-refractivity contribution is 0.248. The Morgan fingerprint density at radius 1 is 1.35 bits per heavy atom. The van der Waals surface area contributed by atoms with Crippen LogP contribution in [-0.4, -0.2) is 12.1 Å². The van der Waals surface area contributed by atoms with E-state index in [1.165, 1.54) is 12.8 Å². The minimum atomic E-state index is -0.159. The molecule has 0 aliphatic heterocycles. The molecule has 0 radical (unpaired) electrons. The van der Waals surface area contributed by atoms with Gasteiger partial charge in [-0.25, -0.2) is 4.79 Å². The SMILES string of the molecule is Cc1cccc(Cl)c1NC(=O)NC1CCCC1. The molecule has 1 fully saturated rings. The summed E-state index contributed by atoms with van der Waals surface area (Å²) in [5.41, 5.74) is 1.67. The Morgan fingerprint density at radius 2 is 2.06 bits per heavy atom. The minimum Gasteiger partial charge on any atom is -0.335 e. The van der Waals surface area contributed by atoms with E-state index in [1.807, 2.05) is 19.1 Å². The molecule has 0 unspecified atom stereocenters. The Labute approximate surface area is 107 Å². The molecule has 4 heteroatoms. The van der Waals surface area contributed by atoms with E-state index in [4.69, 9.17) is 11.6 Å². The maximum absolute atomic E-state index is 11.8. The third-order valence-electron chi connectivity index (χ3n) is 3.15. The number of para-hydroxylation sites is 1. The van der Waals surface area contributed by atoms with Crippen molar-refractivity contribution in [1.29, 1.82) is 0 Å². The summed E-state index contributed by atoms with van der Waals surface area (Å²) in [5.74, 6) is 0. The molecular weight excluding hydrogens is 236 g/mol. The minimum absolute atomic E-state index is 0.159. The molecular formula is C13H17ClN2O. The zero-order chi connectivity index (χ0) is 12.3. The molecule has 1 aromatic carbocycles. The summed E-state index contributed by atoms with van der Waals surface area (Å²) in [6.45, 7) is 1.93. The van der Waals surface area contributed by atoms with Gasteiger partial charge >= 0.3 is 6.03 Å². The van der Waals surface area contributed by atoms with Crippen LogP contribution in [-0.2, 0) is 0 Å². The van der Waals surface area contributed by atoms with Crippen LogP contribution in [0, 0.1) is 6.92 Å². The number of anilines is 1. The lowest BCUT2D eigenvalue weighted by atomic mass is 10.2. The number of urea groups is 1. The van der Waals surface area contributed by atoms with Gasteiger partial charge in [-0.15, -0.1) is 0 Å². The maximum Gasteiger partial charge on any atom is 0.319 e. The molecule has 1 aromatic rings. The van der Waals surface area contributed by atoms with E-state index in [9.17, 15) is 4.79 Å². The highest BCUT2D eigenvalue weighted by Crippen LogP contribution is 2.25. The molecule has 92 valence electrons. The Kier molecular flexibility index (Phi) is 3.89. The van der Waals surface area contributed by atoms with Crippen molar-refractivity contribution in [2.24, 2.45) is 0 Å². The van der Waals surface area contributed by atoms with E-state index in [-0.39, 0.29) is 6.03 Å². The fourth-order valence-corrected chi connectivity index (χ4v) is 2.46. The number of aryl methyl sites for hydroxylation is 1. The van der Waals surface area contributed by atoms with Gasteiger partial charge in [0.2, 0.25) is 0 Å². The van der Waals surface area contributed by atoms with E-state index < -0.39 is 0 Å². The molecule has 0 aromatic heterocycles. The van der Waals surface area contributed by atoms with Crippen molar-refractivity contribution in [2.45, 2.75) is 38.6 Å². The van der Waals surface area contributed by atoms with Gasteiger partial charge in [0.1, 0.15) is 0 Å². The monoisotopic (exact) mass is 252 g/mol. The molecule has 2 amide bonds. The molecule has 0 atom stereocenters. The number of hydrogen-bond acceptors (Lipinski definition) is 1. The zero-order valence-electron chi connectivity index (χ0n) is 9.92. The molecule has 0 bridgehead atoms. The normalized spacial score (nSPS) is 15.9. The molecule has 2 N–H and O–H groups in total. The van der Waals surface area contributed by atoms with Gasteiger partial charge in [-0.05, 0) is 31.4 Å². The number of nitrogens with one attached hydrogen (secondary N) is 2. The van der Waals surface area contributed by atoms with Gasteiger partial charge in [-0.2, -0.15) is 0 Å². The first kappa shape index (κ1) is 12.2. The summed E-state index contributed by atoms with van der Waals surface area (Å²) in [6, 6.07) is 5.74. The van der Waals surface area contributed by atoms with Crippen molar-refractivity contribution in [3.05, 3.63) is 28.8 Å². The predicted molar refractivity (Wildman–Crippen MR) is 70.6 cm³/mol. The standard InChI is InChI=1S/C13H17ClN2O/c1-9-5-4-8-11(14)12(9)16-13(17)15-10-6-2-3-7-10/h4-5,8,10H,2-3,6-7H2,1H3,(H2,15,16,17). The molecule has 1 aliphatic carbocycles. The van der Waals surface area contributed by atoms with Crippen LogP contribution in [0.1, 0.15) is 31.2 Å². The van der Waals surface area contributed by atoms with Crippen molar-refractivity contribution in [2.75, 3.05) is 5.32 Å². The van der Waals surface area contributed by atoms with Crippen LogP contribution in [0.2, 0.25) is 5.02 Å². The fraction of sp³-hybridized carbons (Fsp3) is 0.462. The van der Waals surface area contributed by atoms with Gasteiger partial charge < -0.3 is 10.6 Å². The van der Waals surface area contributed by atoms with Crippen LogP contribution < -0.4 is 10.6 Å². The third kappa shape index (κ3) is 3.13. The second-order valence-electron chi connectivity index (χ2n) is 4.51. The van der Waals surface area contributed by atoms with Gasteiger partial charge in [0.25, 0.3) is 0 Å². The van der Waals surface area contributed by atoms with E-state index in [0.717, 1.165) is 18.4 Å². The van der Waals surface area contributed by atoms with Crippen molar-refractivity contribution < 1.29 is 4.79 Å². The highest BCUT2D eigenvalue weighted by Gasteiger charge is 2.17. The second kappa shape index (κ2) is 5.41. The van der Waals surface area contributed by atoms with E-state index >= 15 is 0 Å². The average molecular weight is 253 g/mol. The van der Waals surface area contributed by atoms with E-state index in [1.54, 1.807) is 6.07 Å². The van der Waals surface area contributed by atoms with Crippen LogP contribution >= 0.6 is 11.6 Å². The van der Waals surface area contributed by atoms with Crippen LogP contribution in [0.3, 0.4) is 0 Å². The molecule has 0 heterocycles. The smallest absolute Gasteiger partial charge is 0.319 e. The van der Waals surface area contributed by atoms with Crippen molar-refractivity contribution in [1.82, 2.24) is 5.32 Å². The third-order valence-corrected chi connectivity index (χ3v) is 3.47. The van der Waals surface area contributed by atoms with Gasteiger partial charge in [-0.3, -0.25) is 0 Å². The van der Waals surface area contributed by atoms with Gasteiger partial charge in [0.15, 0.2) is 0 Å². The summed E-state index contributed by atoms with van der Waals surface area (Å²) in [4.78, 5) is 11.8. The summed E-state index contributed by atoms with van der Waals surface area (Å²) in [6.07, 6.45) is 4.57. The van der Waals surface area contributed by atoms with E-state index in [0.29, 0.717) is 16.8 Å². The Bertz CT molecular complexity index is 394. The van der Waals surface area contributed by atoms with Crippen molar-refractivity contribution in [3.8, 4) is 0 Å². The van der Waals surface area contributed by atoms with Crippen LogP contribution in [0.4, 0.5) is 10.5 Å². The second-order valence-corrected chi connectivity index (χ2v) is 4.92. The summed E-state index contributed by atoms with van der Waals surface area (Å²) < 4.78 is 0. The summed E-state index contributed by atoms with van der Waals surface area (Å²) in [5, 5.41) is 6.37. The number of carbonyl (C=O) groups excluding carboxylic acids is 1. The molecule has 3 nitrogen and oxygen atoms in total. The number of hydrogen-bond donors (Lipinski definition) is 2. The fourth-order valence-electron chi connectivity index (χ4n) is 2.20. The first-order chi connectivity index (χ1) is 8.16. The largest absolute Gasteiger partial charge is 0.335 e. The highest BCUT2D eigenvalue weighted by atomic mass is 35.5. The molecule has 1 saturated carbocycles. The number of carbonyl (C=O) groups is 1. The number of rotatable bonds is 2. The van der Waals surface area contributed by atoms with Gasteiger partial charge in [0, 0.05) is 6.04 Å².